The fraction of sp³-hybridized carbons (Fsp3) is 1.00. The van der Waals surface area contributed by atoms with Gasteiger partial charge in [0.1, 0.15) is 4.66 Å². The number of nitrogens with one attached hydrogen (secondary N) is 1. The Balaban J connectivity index is 4.01. The van der Waals surface area contributed by atoms with E-state index in [1.165, 1.54) is 0 Å². The van der Waals surface area contributed by atoms with Crippen LogP contribution in [0.4, 0.5) is 0 Å². The third-order valence-electron chi connectivity index (χ3n) is 1.61. The first-order chi connectivity index (χ1) is 5.83. The maximum Gasteiger partial charge on any atom is 0.221 e. The summed E-state index contributed by atoms with van der Waals surface area (Å²) >= 11 is 2.85. The fourth-order valence-electron chi connectivity index (χ4n) is 0.931. The molecule has 0 rings (SSSR count). The number of hydrogen-bond acceptors (Lipinski definition) is 3. The highest BCUT2D eigenvalue weighted by molar-refractivity contribution is 9.10. The molecule has 1 unspecified atom stereocenters. The number of halogens is 1. The third kappa shape index (κ3) is 6.42. The maximum atomic E-state index is 11.0. The smallest absolute Gasteiger partial charge is 0.221 e. The average Bonchev–Trinajstić information content (AvgIpc) is 2.02. The summed E-state index contributed by atoms with van der Waals surface area (Å²) in [6.45, 7) is 3.62. The molecule has 0 amide bonds. The van der Waals surface area contributed by atoms with E-state index in [-0.39, 0.29) is 11.2 Å². The van der Waals surface area contributed by atoms with Crippen LogP contribution >= 0.6 is 15.9 Å². The van der Waals surface area contributed by atoms with E-state index < -0.39 is 15.6 Å². The molecule has 2 N–H and O–H groups in total. The molecule has 0 fully saturated rings. The molecule has 13 heavy (non-hydrogen) atoms. The van der Waals surface area contributed by atoms with Crippen molar-refractivity contribution in [3.05, 3.63) is 0 Å². The SMILES string of the molecule is CCCC(C)(O)CNS(=O)(=O)CBr. The van der Waals surface area contributed by atoms with Crippen molar-refractivity contribution in [3.8, 4) is 0 Å². The van der Waals surface area contributed by atoms with Crippen molar-refractivity contribution in [2.45, 2.75) is 32.3 Å². The lowest BCUT2D eigenvalue weighted by molar-refractivity contribution is 0.0555. The second kappa shape index (κ2) is 5.29. The van der Waals surface area contributed by atoms with Crippen LogP contribution in [-0.4, -0.2) is 30.3 Å². The lowest BCUT2D eigenvalue weighted by atomic mass is 10.0. The van der Waals surface area contributed by atoms with Gasteiger partial charge in [-0.05, 0) is 13.3 Å². The van der Waals surface area contributed by atoms with E-state index in [1.807, 2.05) is 6.92 Å². The van der Waals surface area contributed by atoms with Crippen LogP contribution in [0.25, 0.3) is 0 Å². The Morgan fingerprint density at radius 2 is 2.08 bits per heavy atom. The zero-order valence-corrected chi connectivity index (χ0v) is 10.3. The van der Waals surface area contributed by atoms with Gasteiger partial charge in [0.05, 0.1) is 5.60 Å². The van der Waals surface area contributed by atoms with Crippen LogP contribution in [0, 0.1) is 0 Å². The molecule has 0 aromatic heterocycles. The molecular formula is C7H16BrNO3S. The second-order valence-electron chi connectivity index (χ2n) is 3.29. The van der Waals surface area contributed by atoms with Gasteiger partial charge in [0.2, 0.25) is 10.0 Å². The van der Waals surface area contributed by atoms with Gasteiger partial charge >= 0.3 is 0 Å². The highest BCUT2D eigenvalue weighted by Gasteiger charge is 2.21. The van der Waals surface area contributed by atoms with Crippen molar-refractivity contribution in [3.63, 3.8) is 0 Å². The van der Waals surface area contributed by atoms with E-state index in [0.29, 0.717) is 6.42 Å². The van der Waals surface area contributed by atoms with E-state index in [9.17, 15) is 13.5 Å². The second-order valence-corrected chi connectivity index (χ2v) is 6.40. The summed E-state index contributed by atoms with van der Waals surface area (Å²) in [5.74, 6) is 0. The van der Waals surface area contributed by atoms with Gasteiger partial charge in [-0.2, -0.15) is 0 Å². The first-order valence-electron chi connectivity index (χ1n) is 4.08. The molecule has 0 heterocycles. The van der Waals surface area contributed by atoms with E-state index in [2.05, 4.69) is 20.7 Å². The Morgan fingerprint density at radius 1 is 1.54 bits per heavy atom. The molecule has 1 atom stereocenters. The highest BCUT2D eigenvalue weighted by Crippen LogP contribution is 2.10. The van der Waals surface area contributed by atoms with E-state index in [0.717, 1.165) is 6.42 Å². The van der Waals surface area contributed by atoms with Gasteiger partial charge in [-0.3, -0.25) is 0 Å². The number of alkyl halides is 1. The van der Waals surface area contributed by atoms with Crippen LogP contribution in [0.3, 0.4) is 0 Å². The molecule has 6 heteroatoms. The monoisotopic (exact) mass is 273 g/mol. The first-order valence-corrected chi connectivity index (χ1v) is 6.86. The molecule has 0 aliphatic carbocycles. The molecule has 4 nitrogen and oxygen atoms in total. The molecular weight excluding hydrogens is 258 g/mol. The molecule has 0 aromatic rings. The normalized spacial score (nSPS) is 16.9. The number of rotatable bonds is 6. The van der Waals surface area contributed by atoms with E-state index in [4.69, 9.17) is 0 Å². The zero-order chi connectivity index (χ0) is 10.5. The number of sulfonamides is 1. The predicted molar refractivity (Wildman–Crippen MR) is 56.2 cm³/mol. The summed E-state index contributed by atoms with van der Waals surface area (Å²) < 4.78 is 24.1. The summed E-state index contributed by atoms with van der Waals surface area (Å²) in [7, 11) is -3.26. The standard InChI is InChI=1S/C7H16BrNO3S/c1-3-4-7(2,10)5-9-13(11,12)6-8/h9-10H,3-6H2,1-2H3. The summed E-state index contributed by atoms with van der Waals surface area (Å²) in [5, 5.41) is 9.63. The minimum absolute atomic E-state index is 0.0643. The highest BCUT2D eigenvalue weighted by atomic mass is 79.9. The summed E-state index contributed by atoms with van der Waals surface area (Å²) in [6, 6.07) is 0. The van der Waals surface area contributed by atoms with Crippen molar-refractivity contribution in [1.29, 1.82) is 0 Å². The van der Waals surface area contributed by atoms with Gasteiger partial charge in [0, 0.05) is 6.54 Å². The molecule has 0 bridgehead atoms. The van der Waals surface area contributed by atoms with Crippen molar-refractivity contribution in [2.24, 2.45) is 0 Å². The number of hydrogen-bond donors (Lipinski definition) is 2. The van der Waals surface area contributed by atoms with Gasteiger partial charge in [-0.15, -0.1) is 0 Å². The molecule has 0 spiro atoms. The van der Waals surface area contributed by atoms with Gasteiger partial charge in [0.25, 0.3) is 0 Å². The summed E-state index contributed by atoms with van der Waals surface area (Å²) in [5.41, 5.74) is -0.954. The Kier molecular flexibility index (Phi) is 5.43. The Morgan fingerprint density at radius 3 is 2.46 bits per heavy atom. The van der Waals surface area contributed by atoms with Crippen molar-refractivity contribution < 1.29 is 13.5 Å². The van der Waals surface area contributed by atoms with Gasteiger partial charge in [-0.25, -0.2) is 13.1 Å². The Labute approximate surface area is 87.9 Å². The third-order valence-corrected chi connectivity index (χ3v) is 4.28. The quantitative estimate of drug-likeness (QED) is 0.704. The molecule has 0 radical (unpaired) electrons. The molecule has 0 saturated carbocycles. The average molecular weight is 274 g/mol. The molecule has 0 aliphatic rings. The minimum atomic E-state index is -3.26. The predicted octanol–water partition coefficient (Wildman–Crippen LogP) is 0.809. The van der Waals surface area contributed by atoms with Crippen LogP contribution in [0.2, 0.25) is 0 Å². The molecule has 0 aromatic carbocycles. The molecule has 0 saturated heterocycles. The van der Waals surface area contributed by atoms with Gasteiger partial charge < -0.3 is 5.11 Å². The lowest BCUT2D eigenvalue weighted by Crippen LogP contribution is -2.40. The summed E-state index contributed by atoms with van der Waals surface area (Å²) in [6.07, 6.45) is 1.40. The van der Waals surface area contributed by atoms with Gasteiger partial charge in [-0.1, -0.05) is 29.3 Å². The van der Waals surface area contributed by atoms with Crippen molar-refractivity contribution >= 4 is 26.0 Å². The molecule has 0 aliphatic heterocycles. The first kappa shape index (κ1) is 13.4. The fourth-order valence-corrected chi connectivity index (χ4v) is 2.02. The van der Waals surface area contributed by atoms with Gasteiger partial charge in [0.15, 0.2) is 0 Å². The van der Waals surface area contributed by atoms with Crippen LogP contribution in [-0.2, 0) is 10.0 Å². The van der Waals surface area contributed by atoms with E-state index in [1.54, 1.807) is 6.92 Å². The van der Waals surface area contributed by atoms with Crippen LogP contribution in [0.15, 0.2) is 0 Å². The van der Waals surface area contributed by atoms with Crippen LogP contribution in [0.1, 0.15) is 26.7 Å². The van der Waals surface area contributed by atoms with Crippen LogP contribution in [0.5, 0.6) is 0 Å². The number of aliphatic hydroxyl groups is 1. The Bertz CT molecular complexity index is 238. The van der Waals surface area contributed by atoms with Crippen LogP contribution < -0.4 is 4.72 Å². The summed E-state index contributed by atoms with van der Waals surface area (Å²) in [4.78, 5) is 0. The van der Waals surface area contributed by atoms with Crippen molar-refractivity contribution in [1.82, 2.24) is 4.72 Å². The lowest BCUT2D eigenvalue weighted by Gasteiger charge is -2.22. The van der Waals surface area contributed by atoms with E-state index >= 15 is 0 Å². The topological polar surface area (TPSA) is 66.4 Å². The largest absolute Gasteiger partial charge is 0.389 e. The maximum absolute atomic E-state index is 11.0. The zero-order valence-electron chi connectivity index (χ0n) is 7.88. The minimum Gasteiger partial charge on any atom is -0.389 e. The Hall–Kier alpha value is 0.350. The van der Waals surface area contributed by atoms with Crippen molar-refractivity contribution in [2.75, 3.05) is 11.2 Å². The molecule has 80 valence electrons.